The molecule has 0 amide bonds. The molecule has 1 aromatic carbocycles. The smallest absolute Gasteiger partial charge is 0.245 e. The molecule has 0 spiro atoms. The molecule has 70 valence electrons. The second-order valence-corrected chi connectivity index (χ2v) is 4.06. The van der Waals surface area contributed by atoms with Crippen LogP contribution >= 0.6 is 11.8 Å². The second-order valence-electron chi connectivity index (χ2n) is 2.82. The second kappa shape index (κ2) is 3.70. The summed E-state index contributed by atoms with van der Waals surface area (Å²) in [7, 11) is 1.69. The summed E-state index contributed by atoms with van der Waals surface area (Å²) in [5.74, 6) is 0.989. The van der Waals surface area contributed by atoms with Crippen molar-refractivity contribution in [1.82, 2.24) is 0 Å². The van der Waals surface area contributed by atoms with Crippen LogP contribution < -0.4 is 0 Å². The highest BCUT2D eigenvalue weighted by Gasteiger charge is 2.37. The van der Waals surface area contributed by atoms with E-state index in [9.17, 15) is 0 Å². The predicted molar refractivity (Wildman–Crippen MR) is 53.5 cm³/mol. The van der Waals surface area contributed by atoms with E-state index in [4.69, 9.17) is 9.47 Å². The third-order valence-electron chi connectivity index (χ3n) is 2.06. The van der Waals surface area contributed by atoms with Crippen LogP contribution in [-0.4, -0.2) is 19.5 Å². The van der Waals surface area contributed by atoms with Crippen LogP contribution in [0.5, 0.6) is 0 Å². The highest BCUT2D eigenvalue weighted by Crippen LogP contribution is 2.42. The first-order chi connectivity index (χ1) is 6.37. The van der Waals surface area contributed by atoms with Gasteiger partial charge in [0, 0.05) is 18.4 Å². The van der Waals surface area contributed by atoms with Crippen LogP contribution in [0.1, 0.15) is 5.56 Å². The van der Waals surface area contributed by atoms with E-state index >= 15 is 0 Å². The van der Waals surface area contributed by atoms with Crippen molar-refractivity contribution in [2.75, 3.05) is 19.5 Å². The van der Waals surface area contributed by atoms with Crippen molar-refractivity contribution in [2.45, 2.75) is 5.12 Å². The average molecular weight is 196 g/mol. The number of benzene rings is 1. The van der Waals surface area contributed by atoms with E-state index < -0.39 is 5.12 Å². The van der Waals surface area contributed by atoms with Gasteiger partial charge in [-0.25, -0.2) is 0 Å². The minimum Gasteiger partial charge on any atom is -0.341 e. The first-order valence-corrected chi connectivity index (χ1v) is 5.24. The first kappa shape index (κ1) is 9.06. The maximum atomic E-state index is 5.62. The van der Waals surface area contributed by atoms with Gasteiger partial charge in [0.2, 0.25) is 5.12 Å². The fourth-order valence-corrected chi connectivity index (χ4v) is 2.46. The number of thioether (sulfide) groups is 1. The van der Waals surface area contributed by atoms with Gasteiger partial charge in [-0.1, -0.05) is 42.1 Å². The number of ether oxygens (including phenoxy) is 2. The molecule has 1 saturated heterocycles. The van der Waals surface area contributed by atoms with Crippen molar-refractivity contribution in [2.24, 2.45) is 0 Å². The Kier molecular flexibility index (Phi) is 2.58. The Hall–Kier alpha value is -0.510. The van der Waals surface area contributed by atoms with Gasteiger partial charge in [0.05, 0.1) is 6.61 Å². The quantitative estimate of drug-likeness (QED) is 0.722. The molecule has 1 heterocycles. The lowest BCUT2D eigenvalue weighted by atomic mass is 10.2. The topological polar surface area (TPSA) is 18.5 Å². The molecule has 0 radical (unpaired) electrons. The zero-order chi connectivity index (χ0) is 9.15. The molecular weight excluding hydrogens is 184 g/mol. The van der Waals surface area contributed by atoms with Gasteiger partial charge < -0.3 is 9.47 Å². The van der Waals surface area contributed by atoms with E-state index in [0.717, 1.165) is 17.9 Å². The average Bonchev–Trinajstić information content (AvgIpc) is 2.69. The minimum atomic E-state index is -0.554. The van der Waals surface area contributed by atoms with Crippen LogP contribution in [0, 0.1) is 0 Å². The van der Waals surface area contributed by atoms with Gasteiger partial charge in [0.25, 0.3) is 0 Å². The number of rotatable bonds is 2. The van der Waals surface area contributed by atoms with Crippen molar-refractivity contribution < 1.29 is 9.47 Å². The van der Waals surface area contributed by atoms with Crippen molar-refractivity contribution in [3.63, 3.8) is 0 Å². The Labute approximate surface area is 82.2 Å². The van der Waals surface area contributed by atoms with E-state index in [2.05, 4.69) is 0 Å². The highest BCUT2D eigenvalue weighted by molar-refractivity contribution is 8.00. The summed E-state index contributed by atoms with van der Waals surface area (Å²) in [6, 6.07) is 10.0. The molecule has 3 heteroatoms. The fourth-order valence-electron chi connectivity index (χ4n) is 1.44. The third-order valence-corrected chi connectivity index (χ3v) is 3.33. The molecule has 1 aliphatic rings. The third kappa shape index (κ3) is 1.59. The van der Waals surface area contributed by atoms with Crippen LogP contribution in [0.15, 0.2) is 30.3 Å². The Bertz CT molecular complexity index is 268. The van der Waals surface area contributed by atoms with Gasteiger partial charge in [-0.3, -0.25) is 0 Å². The summed E-state index contributed by atoms with van der Waals surface area (Å²) >= 11 is 1.70. The molecule has 0 N–H and O–H groups in total. The molecule has 2 nitrogen and oxygen atoms in total. The molecule has 1 unspecified atom stereocenters. The first-order valence-electron chi connectivity index (χ1n) is 4.26. The Morgan fingerprint density at radius 3 is 2.69 bits per heavy atom. The number of hydrogen-bond acceptors (Lipinski definition) is 3. The van der Waals surface area contributed by atoms with Crippen LogP contribution in [0.2, 0.25) is 0 Å². The standard InChI is InChI=1S/C10H12O2S/c1-11-10(12-7-8-13-10)9-5-3-2-4-6-9/h2-6H,7-8H2,1H3. The van der Waals surface area contributed by atoms with E-state index in [1.807, 2.05) is 30.3 Å². The van der Waals surface area contributed by atoms with Crippen molar-refractivity contribution in [3.05, 3.63) is 35.9 Å². The lowest BCUT2D eigenvalue weighted by Gasteiger charge is -2.25. The number of methoxy groups -OCH3 is 1. The van der Waals surface area contributed by atoms with Gasteiger partial charge in [0.15, 0.2) is 0 Å². The van der Waals surface area contributed by atoms with E-state index in [-0.39, 0.29) is 0 Å². The molecule has 0 saturated carbocycles. The summed E-state index contributed by atoms with van der Waals surface area (Å²) in [5, 5.41) is -0.554. The molecule has 0 aromatic heterocycles. The van der Waals surface area contributed by atoms with E-state index in [1.165, 1.54) is 0 Å². The molecule has 1 aromatic rings. The predicted octanol–water partition coefficient (Wildman–Crippen LogP) is 2.21. The highest BCUT2D eigenvalue weighted by atomic mass is 32.2. The monoisotopic (exact) mass is 196 g/mol. The van der Waals surface area contributed by atoms with Crippen molar-refractivity contribution in [3.8, 4) is 0 Å². The molecule has 0 aliphatic carbocycles. The number of hydrogen-bond donors (Lipinski definition) is 0. The summed E-state index contributed by atoms with van der Waals surface area (Å²) < 4.78 is 11.0. The molecule has 1 atom stereocenters. The summed E-state index contributed by atoms with van der Waals surface area (Å²) in [6.45, 7) is 0.757. The summed E-state index contributed by atoms with van der Waals surface area (Å²) in [6.07, 6.45) is 0. The maximum absolute atomic E-state index is 5.62. The van der Waals surface area contributed by atoms with Gasteiger partial charge in [-0.15, -0.1) is 0 Å². The molecular formula is C10H12O2S. The zero-order valence-electron chi connectivity index (χ0n) is 7.53. The molecule has 1 aliphatic heterocycles. The SMILES string of the molecule is COC1(c2ccccc2)OCCS1. The summed E-state index contributed by atoms with van der Waals surface area (Å²) in [5.41, 5.74) is 1.08. The molecule has 0 bridgehead atoms. The largest absolute Gasteiger partial charge is 0.341 e. The fraction of sp³-hybridized carbons (Fsp3) is 0.400. The zero-order valence-corrected chi connectivity index (χ0v) is 8.34. The van der Waals surface area contributed by atoms with Crippen molar-refractivity contribution in [1.29, 1.82) is 0 Å². The van der Waals surface area contributed by atoms with E-state index in [1.54, 1.807) is 18.9 Å². The molecule has 2 rings (SSSR count). The minimum absolute atomic E-state index is 0.554. The van der Waals surface area contributed by atoms with Gasteiger partial charge in [0.1, 0.15) is 0 Å². The maximum Gasteiger partial charge on any atom is 0.245 e. The Balaban J connectivity index is 2.31. The lowest BCUT2D eigenvalue weighted by molar-refractivity contribution is -0.145. The lowest BCUT2D eigenvalue weighted by Crippen LogP contribution is -2.23. The molecule has 1 fully saturated rings. The molecule has 13 heavy (non-hydrogen) atoms. The van der Waals surface area contributed by atoms with Crippen molar-refractivity contribution >= 4 is 11.8 Å². The van der Waals surface area contributed by atoms with Gasteiger partial charge >= 0.3 is 0 Å². The Morgan fingerprint density at radius 1 is 1.38 bits per heavy atom. The Morgan fingerprint density at radius 2 is 2.15 bits per heavy atom. The van der Waals surface area contributed by atoms with Crippen LogP contribution in [0.4, 0.5) is 0 Å². The van der Waals surface area contributed by atoms with Crippen LogP contribution in [0.3, 0.4) is 0 Å². The van der Waals surface area contributed by atoms with E-state index in [0.29, 0.717) is 0 Å². The van der Waals surface area contributed by atoms with Gasteiger partial charge in [-0.2, -0.15) is 0 Å². The summed E-state index contributed by atoms with van der Waals surface area (Å²) in [4.78, 5) is 0. The van der Waals surface area contributed by atoms with Crippen LogP contribution in [0.25, 0.3) is 0 Å². The van der Waals surface area contributed by atoms with Gasteiger partial charge in [-0.05, 0) is 0 Å². The normalized spacial score (nSPS) is 27.8. The van der Waals surface area contributed by atoms with Crippen LogP contribution in [-0.2, 0) is 14.6 Å².